The molecule has 7 nitrogen and oxygen atoms in total. The summed E-state index contributed by atoms with van der Waals surface area (Å²) < 4.78 is 38.3. The summed E-state index contributed by atoms with van der Waals surface area (Å²) in [5.74, 6) is -0.163. The largest absolute Gasteiger partial charge is 0.326 e. The smallest absolute Gasteiger partial charge is 0.279 e. The summed E-state index contributed by atoms with van der Waals surface area (Å²) in [5, 5.41) is 7.33. The van der Waals surface area contributed by atoms with Gasteiger partial charge in [-0.25, -0.2) is 12.8 Å². The number of aromatic nitrogens is 2. The fraction of sp³-hybridized carbons (Fsp3) is 0.474. The summed E-state index contributed by atoms with van der Waals surface area (Å²) in [7, 11) is -1.06. The first-order valence-electron chi connectivity index (χ1n) is 9.26. The summed E-state index contributed by atoms with van der Waals surface area (Å²) >= 11 is 0. The van der Waals surface area contributed by atoms with Crippen LogP contribution >= 0.6 is 0 Å². The molecule has 1 saturated heterocycles. The average Bonchev–Trinajstić information content (AvgIpc) is 3.10. The van der Waals surface area contributed by atoms with Crippen molar-refractivity contribution in [1.82, 2.24) is 9.78 Å². The number of likely N-dealkylation sites (N-methyl/N-ethyl adjacent to an activating group) is 1. The van der Waals surface area contributed by atoms with Gasteiger partial charge in [0.25, 0.3) is 5.91 Å². The highest BCUT2D eigenvalue weighted by Crippen LogP contribution is 2.26. The first-order valence-corrected chi connectivity index (χ1v) is 11.1. The molecule has 2 N–H and O–H groups in total. The molecule has 1 aliphatic rings. The van der Waals surface area contributed by atoms with Crippen molar-refractivity contribution in [2.75, 3.05) is 30.4 Å². The molecule has 0 aliphatic carbocycles. The molecular weight excluding hydrogens is 383 g/mol. The van der Waals surface area contributed by atoms with Crippen LogP contribution in [0.2, 0.25) is 0 Å². The molecule has 1 amide bonds. The molecule has 1 aromatic carbocycles. The van der Waals surface area contributed by atoms with Crippen LogP contribution < -0.4 is 10.2 Å². The molecule has 0 saturated carbocycles. The Morgan fingerprint density at radius 1 is 1.32 bits per heavy atom. The zero-order chi connectivity index (χ0) is 20.5. The Balaban J connectivity index is 1.63. The summed E-state index contributed by atoms with van der Waals surface area (Å²) in [5.41, 5.74) is 3.41. The number of quaternary nitrogens is 1. The number of sulfone groups is 1. The quantitative estimate of drug-likeness (QED) is 0.734. The summed E-state index contributed by atoms with van der Waals surface area (Å²) in [6.45, 7) is 4.72. The van der Waals surface area contributed by atoms with Gasteiger partial charge in [-0.2, -0.15) is 5.10 Å². The fourth-order valence-corrected chi connectivity index (χ4v) is 5.35. The van der Waals surface area contributed by atoms with Crippen LogP contribution in [0, 0.1) is 19.7 Å². The highest BCUT2D eigenvalue weighted by atomic mass is 32.2. The number of rotatable bonds is 6. The van der Waals surface area contributed by atoms with Crippen LogP contribution in [0.3, 0.4) is 0 Å². The molecule has 3 rings (SSSR count). The molecule has 28 heavy (non-hydrogen) atoms. The Bertz CT molecular complexity index is 970. The third kappa shape index (κ3) is 4.77. The highest BCUT2D eigenvalue weighted by Gasteiger charge is 2.31. The minimum absolute atomic E-state index is 0.112. The molecule has 1 aromatic heterocycles. The van der Waals surface area contributed by atoms with E-state index < -0.39 is 9.84 Å². The van der Waals surface area contributed by atoms with Gasteiger partial charge >= 0.3 is 0 Å². The van der Waals surface area contributed by atoms with E-state index in [4.69, 9.17) is 0 Å². The van der Waals surface area contributed by atoms with Crippen molar-refractivity contribution in [2.24, 2.45) is 0 Å². The topological polar surface area (TPSA) is 85.5 Å². The number of anilines is 1. The van der Waals surface area contributed by atoms with E-state index in [0.29, 0.717) is 18.7 Å². The van der Waals surface area contributed by atoms with Crippen LogP contribution in [0.1, 0.15) is 29.4 Å². The molecule has 0 spiro atoms. The predicted octanol–water partition coefficient (Wildman–Crippen LogP) is 0.652. The van der Waals surface area contributed by atoms with E-state index in [0.717, 1.165) is 21.9 Å². The summed E-state index contributed by atoms with van der Waals surface area (Å²) in [6, 6.07) is 5.54. The fourth-order valence-electron chi connectivity index (χ4n) is 3.65. The van der Waals surface area contributed by atoms with Crippen molar-refractivity contribution in [2.45, 2.75) is 32.9 Å². The van der Waals surface area contributed by atoms with E-state index >= 15 is 0 Å². The lowest BCUT2D eigenvalue weighted by Gasteiger charge is -2.15. The zero-order valence-electron chi connectivity index (χ0n) is 16.3. The number of halogens is 1. The van der Waals surface area contributed by atoms with Crippen molar-refractivity contribution in [3.05, 3.63) is 47.0 Å². The molecule has 1 fully saturated rings. The maximum absolute atomic E-state index is 13.0. The van der Waals surface area contributed by atoms with E-state index in [-0.39, 0.29) is 35.8 Å². The number of hydrogen-bond acceptors (Lipinski definition) is 4. The van der Waals surface area contributed by atoms with Crippen LogP contribution in [0.4, 0.5) is 10.1 Å². The maximum Gasteiger partial charge on any atom is 0.279 e. The van der Waals surface area contributed by atoms with Gasteiger partial charge in [0.15, 0.2) is 16.4 Å². The number of hydrogen-bond donors (Lipinski definition) is 2. The lowest BCUT2D eigenvalue weighted by molar-refractivity contribution is -0.885. The standard InChI is InChI=1S/C19H25FN4O3S/c1-13-18(14(2)24(22-13)17-8-9-28(26,27)12-17)10-23(3)11-19(25)21-16-6-4-15(20)5-7-16/h4-7,17H,8-12H2,1-3H3,(H,21,25)/p+1/t17-/m0/s1. The first-order chi connectivity index (χ1) is 13.1. The number of amides is 1. The van der Waals surface area contributed by atoms with E-state index in [1.165, 1.54) is 24.3 Å². The number of benzene rings is 1. The lowest BCUT2D eigenvalue weighted by Crippen LogP contribution is -3.08. The van der Waals surface area contributed by atoms with Crippen LogP contribution in [0.5, 0.6) is 0 Å². The Morgan fingerprint density at radius 2 is 2.00 bits per heavy atom. The SMILES string of the molecule is Cc1nn([C@H]2CCS(=O)(=O)C2)c(C)c1C[NH+](C)CC(=O)Nc1ccc(F)cc1. The van der Waals surface area contributed by atoms with Gasteiger partial charge in [0, 0.05) is 11.4 Å². The Kier molecular flexibility index (Phi) is 5.85. The maximum atomic E-state index is 13.0. The average molecular weight is 410 g/mol. The van der Waals surface area contributed by atoms with Crippen molar-refractivity contribution in [3.63, 3.8) is 0 Å². The van der Waals surface area contributed by atoms with Gasteiger partial charge in [-0.05, 0) is 44.5 Å². The molecule has 9 heteroatoms. The van der Waals surface area contributed by atoms with E-state index in [9.17, 15) is 17.6 Å². The Morgan fingerprint density at radius 3 is 2.61 bits per heavy atom. The van der Waals surface area contributed by atoms with Crippen LogP contribution in [0.15, 0.2) is 24.3 Å². The highest BCUT2D eigenvalue weighted by molar-refractivity contribution is 7.91. The van der Waals surface area contributed by atoms with Gasteiger partial charge in [0.05, 0.1) is 35.9 Å². The van der Waals surface area contributed by atoms with E-state index in [2.05, 4.69) is 10.4 Å². The second-order valence-electron chi connectivity index (χ2n) is 7.52. The molecule has 2 atom stereocenters. The monoisotopic (exact) mass is 409 g/mol. The number of carbonyl (C=O) groups is 1. The molecule has 0 bridgehead atoms. The van der Waals surface area contributed by atoms with Crippen molar-refractivity contribution in [3.8, 4) is 0 Å². The minimum Gasteiger partial charge on any atom is -0.326 e. The predicted molar refractivity (Wildman–Crippen MR) is 104 cm³/mol. The third-order valence-corrected chi connectivity index (χ3v) is 6.85. The van der Waals surface area contributed by atoms with Gasteiger partial charge in [-0.15, -0.1) is 0 Å². The number of carbonyl (C=O) groups excluding carboxylic acids is 1. The van der Waals surface area contributed by atoms with Gasteiger partial charge in [0.1, 0.15) is 12.4 Å². The molecule has 1 unspecified atom stereocenters. The van der Waals surface area contributed by atoms with Crippen molar-refractivity contribution >= 4 is 21.4 Å². The zero-order valence-corrected chi connectivity index (χ0v) is 17.1. The van der Waals surface area contributed by atoms with Gasteiger partial charge in [-0.1, -0.05) is 0 Å². The third-order valence-electron chi connectivity index (χ3n) is 5.10. The molecule has 152 valence electrons. The number of nitrogens with one attached hydrogen (secondary N) is 2. The van der Waals surface area contributed by atoms with E-state index in [1.807, 2.05) is 25.6 Å². The summed E-state index contributed by atoms with van der Waals surface area (Å²) in [4.78, 5) is 13.2. The van der Waals surface area contributed by atoms with Crippen LogP contribution in [-0.2, 0) is 21.2 Å². The minimum atomic E-state index is -2.98. The summed E-state index contributed by atoms with van der Waals surface area (Å²) in [6.07, 6.45) is 0.590. The van der Waals surface area contributed by atoms with E-state index in [1.54, 1.807) is 0 Å². The van der Waals surface area contributed by atoms with Crippen molar-refractivity contribution in [1.29, 1.82) is 0 Å². The van der Waals surface area contributed by atoms with Crippen molar-refractivity contribution < 1.29 is 22.5 Å². The molecular formula is C19H26FN4O3S+. The number of nitrogens with zero attached hydrogens (tertiary/aromatic N) is 2. The Labute approximate surface area is 164 Å². The van der Waals surface area contributed by atoms with Gasteiger partial charge in [-0.3, -0.25) is 9.48 Å². The van der Waals surface area contributed by atoms with Gasteiger partial charge < -0.3 is 10.2 Å². The van der Waals surface area contributed by atoms with Crippen LogP contribution in [0.25, 0.3) is 0 Å². The second kappa shape index (κ2) is 8.00. The molecule has 2 heterocycles. The normalized spacial score (nSPS) is 19.5. The lowest BCUT2D eigenvalue weighted by atomic mass is 10.1. The first kappa shape index (κ1) is 20.5. The van der Waals surface area contributed by atoms with Crippen LogP contribution in [-0.4, -0.2) is 49.2 Å². The Hall–Kier alpha value is -2.26. The molecule has 0 radical (unpaired) electrons. The molecule has 1 aliphatic heterocycles. The second-order valence-corrected chi connectivity index (χ2v) is 9.75. The molecule has 2 aromatic rings. The van der Waals surface area contributed by atoms with Gasteiger partial charge in [0.2, 0.25) is 0 Å². The number of aryl methyl sites for hydroxylation is 1.